The van der Waals surface area contributed by atoms with Gasteiger partial charge in [0, 0.05) is 30.3 Å². The van der Waals surface area contributed by atoms with E-state index in [9.17, 15) is 10.1 Å². The first kappa shape index (κ1) is 17.7. The second-order valence-corrected chi connectivity index (χ2v) is 5.79. The molecule has 7 heteroatoms. The quantitative estimate of drug-likeness (QED) is 0.451. The Kier molecular flexibility index (Phi) is 5.36. The van der Waals surface area contributed by atoms with E-state index < -0.39 is 4.92 Å². The number of aryl methyl sites for hydroxylation is 2. The number of ether oxygens (including phenoxy) is 2. The number of aromatic nitrogens is 2. The summed E-state index contributed by atoms with van der Waals surface area (Å²) in [6.45, 7) is 5.72. The molecule has 0 bridgehead atoms. The lowest BCUT2D eigenvalue weighted by molar-refractivity contribution is -0.384. The highest BCUT2D eigenvalue weighted by Crippen LogP contribution is 2.29. The van der Waals surface area contributed by atoms with Crippen molar-refractivity contribution in [3.8, 4) is 11.5 Å². The van der Waals surface area contributed by atoms with Gasteiger partial charge in [-0.3, -0.25) is 14.8 Å². The van der Waals surface area contributed by atoms with Crippen LogP contribution in [-0.2, 0) is 13.0 Å². The Morgan fingerprint density at radius 1 is 1.08 bits per heavy atom. The maximum absolute atomic E-state index is 10.9. The number of nitro groups is 1. The zero-order valence-corrected chi connectivity index (χ0v) is 14.8. The Balaban J connectivity index is 1.74. The summed E-state index contributed by atoms with van der Waals surface area (Å²) in [5.74, 6) is 1.49. The summed E-state index contributed by atoms with van der Waals surface area (Å²) < 4.78 is 13.0. The van der Waals surface area contributed by atoms with Crippen LogP contribution in [0.4, 0.5) is 5.69 Å². The molecule has 1 aromatic heterocycles. The second-order valence-electron chi connectivity index (χ2n) is 5.79. The first-order valence-corrected chi connectivity index (χ1v) is 8.60. The number of non-ortho nitro benzene ring substituents is 1. The van der Waals surface area contributed by atoms with E-state index in [1.165, 1.54) is 6.07 Å². The minimum atomic E-state index is -0.397. The van der Waals surface area contributed by atoms with Gasteiger partial charge in [-0.2, -0.15) is 5.10 Å². The second kappa shape index (κ2) is 7.86. The average Bonchev–Trinajstić information content (AvgIpc) is 3.04. The van der Waals surface area contributed by atoms with E-state index in [1.807, 2.05) is 42.9 Å². The van der Waals surface area contributed by atoms with Crippen LogP contribution in [0.3, 0.4) is 0 Å². The highest BCUT2D eigenvalue weighted by molar-refractivity contribution is 5.80. The molecular weight excluding hydrogens is 334 g/mol. The molecule has 3 aromatic rings. The van der Waals surface area contributed by atoms with E-state index in [1.54, 1.807) is 12.1 Å². The van der Waals surface area contributed by atoms with E-state index in [-0.39, 0.29) is 5.69 Å². The zero-order valence-electron chi connectivity index (χ0n) is 14.8. The fourth-order valence-electron chi connectivity index (χ4n) is 2.79. The lowest BCUT2D eigenvalue weighted by Gasteiger charge is -2.12. The van der Waals surface area contributed by atoms with Crippen molar-refractivity contribution in [2.45, 2.75) is 26.8 Å². The number of hydrogen-bond donors (Lipinski definition) is 0. The summed E-state index contributed by atoms with van der Waals surface area (Å²) in [6, 6.07) is 10.6. The molecule has 0 amide bonds. The van der Waals surface area contributed by atoms with Gasteiger partial charge < -0.3 is 9.47 Å². The summed E-state index contributed by atoms with van der Waals surface area (Å²) in [5, 5.41) is 16.1. The molecule has 136 valence electrons. The minimum Gasteiger partial charge on any atom is -0.490 e. The number of benzene rings is 2. The summed E-state index contributed by atoms with van der Waals surface area (Å²) in [7, 11) is 0. The van der Waals surface area contributed by atoms with Crippen LogP contribution in [0.25, 0.3) is 10.9 Å². The van der Waals surface area contributed by atoms with Crippen molar-refractivity contribution in [1.29, 1.82) is 0 Å². The Labute approximate surface area is 151 Å². The van der Waals surface area contributed by atoms with E-state index in [2.05, 4.69) is 5.10 Å². The van der Waals surface area contributed by atoms with Gasteiger partial charge in [0.25, 0.3) is 5.69 Å². The molecule has 2 aromatic carbocycles. The summed E-state index contributed by atoms with van der Waals surface area (Å²) in [5.41, 5.74) is 1.93. The monoisotopic (exact) mass is 355 g/mol. The van der Waals surface area contributed by atoms with Gasteiger partial charge in [0.1, 0.15) is 0 Å². The Bertz CT molecular complexity index is 920. The van der Waals surface area contributed by atoms with Gasteiger partial charge in [-0.15, -0.1) is 0 Å². The number of nitro benzene ring substituents is 1. The zero-order chi connectivity index (χ0) is 18.5. The average molecular weight is 355 g/mol. The van der Waals surface area contributed by atoms with Crippen molar-refractivity contribution in [2.24, 2.45) is 0 Å². The molecule has 0 saturated heterocycles. The predicted molar refractivity (Wildman–Crippen MR) is 98.9 cm³/mol. The molecule has 0 aliphatic heterocycles. The molecule has 0 radical (unpaired) electrons. The van der Waals surface area contributed by atoms with E-state index >= 15 is 0 Å². The normalized spacial score (nSPS) is 10.8. The molecule has 1 heterocycles. The van der Waals surface area contributed by atoms with Gasteiger partial charge in [0.05, 0.1) is 23.7 Å². The molecule has 26 heavy (non-hydrogen) atoms. The molecule has 0 aliphatic rings. The third kappa shape index (κ3) is 3.93. The van der Waals surface area contributed by atoms with E-state index in [0.717, 1.165) is 34.4 Å². The third-order valence-corrected chi connectivity index (χ3v) is 3.98. The molecular formula is C19H21N3O4. The largest absolute Gasteiger partial charge is 0.490 e. The van der Waals surface area contributed by atoms with Crippen LogP contribution in [0.5, 0.6) is 11.5 Å². The van der Waals surface area contributed by atoms with Crippen LogP contribution >= 0.6 is 0 Å². The van der Waals surface area contributed by atoms with E-state index in [0.29, 0.717) is 19.8 Å². The van der Waals surface area contributed by atoms with Crippen molar-refractivity contribution in [3.05, 3.63) is 58.3 Å². The maximum Gasteiger partial charge on any atom is 0.270 e. The van der Waals surface area contributed by atoms with Gasteiger partial charge in [0.2, 0.25) is 0 Å². The van der Waals surface area contributed by atoms with Crippen LogP contribution in [0.2, 0.25) is 0 Å². The minimum absolute atomic E-state index is 0.0740. The van der Waals surface area contributed by atoms with E-state index in [4.69, 9.17) is 9.47 Å². The van der Waals surface area contributed by atoms with Crippen molar-refractivity contribution < 1.29 is 14.4 Å². The van der Waals surface area contributed by atoms with Crippen molar-refractivity contribution in [2.75, 3.05) is 13.2 Å². The molecule has 7 nitrogen and oxygen atoms in total. The van der Waals surface area contributed by atoms with Crippen LogP contribution in [0, 0.1) is 10.1 Å². The van der Waals surface area contributed by atoms with Crippen molar-refractivity contribution in [3.63, 3.8) is 0 Å². The van der Waals surface area contributed by atoms with Gasteiger partial charge in [-0.25, -0.2) is 0 Å². The van der Waals surface area contributed by atoms with Crippen LogP contribution in [-0.4, -0.2) is 27.9 Å². The van der Waals surface area contributed by atoms with Crippen molar-refractivity contribution in [1.82, 2.24) is 9.78 Å². The fourth-order valence-corrected chi connectivity index (χ4v) is 2.79. The van der Waals surface area contributed by atoms with Gasteiger partial charge >= 0.3 is 0 Å². The van der Waals surface area contributed by atoms with Crippen LogP contribution < -0.4 is 9.47 Å². The molecule has 0 atom stereocenters. The summed E-state index contributed by atoms with van der Waals surface area (Å²) in [4.78, 5) is 10.5. The lowest BCUT2D eigenvalue weighted by atomic mass is 10.1. The summed E-state index contributed by atoms with van der Waals surface area (Å²) in [6.07, 6.45) is 2.60. The third-order valence-electron chi connectivity index (χ3n) is 3.98. The van der Waals surface area contributed by atoms with Gasteiger partial charge in [-0.1, -0.05) is 6.07 Å². The molecule has 0 unspecified atom stereocenters. The SMILES string of the molecule is CCOc1ccc(CCn2cc3cc([N+](=O)[O-])ccc3n2)cc1OCC. The highest BCUT2D eigenvalue weighted by atomic mass is 16.6. The standard InChI is InChI=1S/C19H21N3O4/c1-3-25-18-8-5-14(11-19(18)26-4-2)9-10-21-13-15-12-16(22(23)24)6-7-17(15)20-21/h5-8,11-13H,3-4,9-10H2,1-2H3. The molecule has 0 saturated carbocycles. The topological polar surface area (TPSA) is 79.4 Å². The van der Waals surface area contributed by atoms with Crippen LogP contribution in [0.15, 0.2) is 42.6 Å². The predicted octanol–water partition coefficient (Wildman–Crippen LogP) is 3.98. The Hall–Kier alpha value is -3.09. The number of nitrogens with zero attached hydrogens (tertiary/aromatic N) is 3. The first-order valence-electron chi connectivity index (χ1n) is 8.60. The number of fused-ring (bicyclic) bond motifs is 1. The first-order chi connectivity index (χ1) is 12.6. The highest BCUT2D eigenvalue weighted by Gasteiger charge is 2.10. The fraction of sp³-hybridized carbons (Fsp3) is 0.316. The molecule has 0 fully saturated rings. The lowest BCUT2D eigenvalue weighted by Crippen LogP contribution is -2.03. The van der Waals surface area contributed by atoms with Gasteiger partial charge in [-0.05, 0) is 44.0 Å². The molecule has 3 rings (SSSR count). The molecule has 0 spiro atoms. The summed E-state index contributed by atoms with van der Waals surface area (Å²) >= 11 is 0. The maximum atomic E-state index is 10.9. The smallest absolute Gasteiger partial charge is 0.270 e. The van der Waals surface area contributed by atoms with Crippen molar-refractivity contribution >= 4 is 16.6 Å². The van der Waals surface area contributed by atoms with Gasteiger partial charge in [0.15, 0.2) is 11.5 Å². The number of rotatable bonds is 8. The number of hydrogen-bond acceptors (Lipinski definition) is 5. The van der Waals surface area contributed by atoms with Crippen LogP contribution in [0.1, 0.15) is 19.4 Å². The molecule has 0 aliphatic carbocycles. The molecule has 0 N–H and O–H groups in total. The Morgan fingerprint density at radius 3 is 2.58 bits per heavy atom. The Morgan fingerprint density at radius 2 is 1.85 bits per heavy atom.